The standard InChI is InChI=1S/C15H16N4O/c1-19(15(20)14-7-9-17-18-14)11-13-5-2-4-12(10-13)6-3-8-16/h2,4-5,7,9-10H,8,11,16H2,1H3,(H,17,18). The zero-order chi connectivity index (χ0) is 14.4. The Kier molecular flexibility index (Phi) is 4.53. The molecule has 0 aliphatic rings. The van der Waals surface area contributed by atoms with Crippen molar-refractivity contribution in [2.24, 2.45) is 5.73 Å². The maximum atomic E-state index is 12.1. The summed E-state index contributed by atoms with van der Waals surface area (Å²) in [5.41, 5.74) is 7.75. The van der Waals surface area contributed by atoms with Crippen molar-refractivity contribution in [1.29, 1.82) is 0 Å². The highest BCUT2D eigenvalue weighted by Crippen LogP contribution is 2.09. The third kappa shape index (κ3) is 3.46. The van der Waals surface area contributed by atoms with E-state index in [4.69, 9.17) is 5.73 Å². The molecule has 1 aromatic heterocycles. The van der Waals surface area contributed by atoms with Crippen molar-refractivity contribution in [1.82, 2.24) is 15.1 Å². The van der Waals surface area contributed by atoms with Crippen LogP contribution >= 0.6 is 0 Å². The van der Waals surface area contributed by atoms with Crippen LogP contribution in [0.3, 0.4) is 0 Å². The van der Waals surface area contributed by atoms with Gasteiger partial charge < -0.3 is 10.6 Å². The number of nitrogens with two attached hydrogens (primary N) is 1. The van der Waals surface area contributed by atoms with E-state index in [0.717, 1.165) is 11.1 Å². The van der Waals surface area contributed by atoms with Crippen LogP contribution in [0.1, 0.15) is 21.6 Å². The van der Waals surface area contributed by atoms with Gasteiger partial charge in [0.25, 0.3) is 5.91 Å². The minimum atomic E-state index is -0.0963. The number of benzene rings is 1. The quantitative estimate of drug-likeness (QED) is 0.815. The van der Waals surface area contributed by atoms with Gasteiger partial charge in [-0.2, -0.15) is 5.10 Å². The Morgan fingerprint density at radius 1 is 1.45 bits per heavy atom. The molecule has 0 saturated heterocycles. The largest absolute Gasteiger partial charge is 0.336 e. The number of hydrogen-bond acceptors (Lipinski definition) is 3. The van der Waals surface area contributed by atoms with Crippen molar-refractivity contribution in [3.05, 3.63) is 53.3 Å². The monoisotopic (exact) mass is 268 g/mol. The number of carbonyl (C=O) groups is 1. The molecule has 0 spiro atoms. The van der Waals surface area contributed by atoms with E-state index in [0.29, 0.717) is 18.8 Å². The highest BCUT2D eigenvalue weighted by molar-refractivity contribution is 5.91. The molecular weight excluding hydrogens is 252 g/mol. The molecule has 2 rings (SSSR count). The maximum absolute atomic E-state index is 12.1. The maximum Gasteiger partial charge on any atom is 0.271 e. The Hall–Kier alpha value is -2.58. The summed E-state index contributed by atoms with van der Waals surface area (Å²) in [5.74, 6) is 5.70. The van der Waals surface area contributed by atoms with Crippen LogP contribution in [0, 0.1) is 11.8 Å². The van der Waals surface area contributed by atoms with Crippen LogP contribution in [0.25, 0.3) is 0 Å². The molecule has 0 unspecified atom stereocenters. The molecule has 0 atom stereocenters. The zero-order valence-corrected chi connectivity index (χ0v) is 11.3. The molecule has 0 aliphatic carbocycles. The molecular formula is C15H16N4O. The topological polar surface area (TPSA) is 75.0 Å². The second-order valence-corrected chi connectivity index (χ2v) is 4.34. The first-order chi connectivity index (χ1) is 9.70. The number of aromatic nitrogens is 2. The van der Waals surface area contributed by atoms with Crippen molar-refractivity contribution in [3.8, 4) is 11.8 Å². The summed E-state index contributed by atoms with van der Waals surface area (Å²) in [6, 6.07) is 9.42. The smallest absolute Gasteiger partial charge is 0.271 e. The van der Waals surface area contributed by atoms with E-state index in [1.54, 1.807) is 24.2 Å². The van der Waals surface area contributed by atoms with E-state index in [2.05, 4.69) is 22.0 Å². The van der Waals surface area contributed by atoms with Gasteiger partial charge in [-0.25, -0.2) is 0 Å². The normalized spacial score (nSPS) is 9.70. The van der Waals surface area contributed by atoms with E-state index < -0.39 is 0 Å². The summed E-state index contributed by atoms with van der Waals surface area (Å²) in [6.07, 6.45) is 1.56. The number of rotatable bonds is 3. The van der Waals surface area contributed by atoms with Gasteiger partial charge in [-0.1, -0.05) is 24.0 Å². The van der Waals surface area contributed by atoms with Gasteiger partial charge in [0.1, 0.15) is 5.69 Å². The zero-order valence-electron chi connectivity index (χ0n) is 11.3. The van der Waals surface area contributed by atoms with Crippen LogP contribution in [0.15, 0.2) is 36.5 Å². The van der Waals surface area contributed by atoms with Gasteiger partial charge in [0.15, 0.2) is 0 Å². The van der Waals surface area contributed by atoms with Gasteiger partial charge in [0.05, 0.1) is 6.54 Å². The minimum Gasteiger partial charge on any atom is -0.336 e. The number of nitrogens with one attached hydrogen (secondary N) is 1. The predicted octanol–water partition coefficient (Wildman–Crippen LogP) is 0.992. The molecule has 1 amide bonds. The second-order valence-electron chi connectivity index (χ2n) is 4.34. The average molecular weight is 268 g/mol. The van der Waals surface area contributed by atoms with Crippen LogP contribution in [0.2, 0.25) is 0 Å². The first-order valence-corrected chi connectivity index (χ1v) is 6.23. The van der Waals surface area contributed by atoms with Gasteiger partial charge in [0.2, 0.25) is 0 Å². The summed E-state index contributed by atoms with van der Waals surface area (Å²) in [7, 11) is 1.75. The Morgan fingerprint density at radius 3 is 3.00 bits per heavy atom. The highest BCUT2D eigenvalue weighted by Gasteiger charge is 2.12. The van der Waals surface area contributed by atoms with Crippen LogP contribution < -0.4 is 5.73 Å². The number of amides is 1. The van der Waals surface area contributed by atoms with Crippen molar-refractivity contribution in [2.45, 2.75) is 6.54 Å². The van der Waals surface area contributed by atoms with Gasteiger partial charge in [-0.05, 0) is 23.8 Å². The number of aromatic amines is 1. The lowest BCUT2D eigenvalue weighted by molar-refractivity contribution is 0.0779. The first-order valence-electron chi connectivity index (χ1n) is 6.23. The van der Waals surface area contributed by atoms with E-state index in [9.17, 15) is 4.79 Å². The first kappa shape index (κ1) is 13.8. The lowest BCUT2D eigenvalue weighted by Gasteiger charge is -2.16. The molecule has 3 N–H and O–H groups in total. The second kappa shape index (κ2) is 6.55. The summed E-state index contributed by atoms with van der Waals surface area (Å²) >= 11 is 0. The summed E-state index contributed by atoms with van der Waals surface area (Å²) < 4.78 is 0. The molecule has 5 nitrogen and oxygen atoms in total. The molecule has 102 valence electrons. The van der Waals surface area contributed by atoms with Gasteiger partial charge in [-0.15, -0.1) is 0 Å². The fraction of sp³-hybridized carbons (Fsp3) is 0.200. The fourth-order valence-corrected chi connectivity index (χ4v) is 1.83. The SMILES string of the molecule is CN(Cc1cccc(C#CCN)c1)C(=O)c1ccn[nH]1. The Balaban J connectivity index is 2.08. The van der Waals surface area contributed by atoms with Gasteiger partial charge in [0, 0.05) is 25.4 Å². The average Bonchev–Trinajstić information content (AvgIpc) is 2.98. The van der Waals surface area contributed by atoms with Crippen molar-refractivity contribution < 1.29 is 4.79 Å². The summed E-state index contributed by atoms with van der Waals surface area (Å²) in [5, 5.41) is 6.44. The Morgan fingerprint density at radius 2 is 2.30 bits per heavy atom. The molecule has 20 heavy (non-hydrogen) atoms. The predicted molar refractivity (Wildman–Crippen MR) is 76.8 cm³/mol. The van der Waals surface area contributed by atoms with Crippen LogP contribution in [-0.2, 0) is 6.54 Å². The minimum absolute atomic E-state index is 0.0963. The van der Waals surface area contributed by atoms with Crippen LogP contribution in [-0.4, -0.2) is 34.6 Å². The molecule has 2 aromatic rings. The molecule has 1 aromatic carbocycles. The van der Waals surface area contributed by atoms with E-state index >= 15 is 0 Å². The fourth-order valence-electron chi connectivity index (χ4n) is 1.83. The van der Waals surface area contributed by atoms with Crippen LogP contribution in [0.5, 0.6) is 0 Å². The molecule has 0 radical (unpaired) electrons. The lowest BCUT2D eigenvalue weighted by atomic mass is 10.1. The highest BCUT2D eigenvalue weighted by atomic mass is 16.2. The van der Waals surface area contributed by atoms with E-state index in [-0.39, 0.29) is 5.91 Å². The van der Waals surface area contributed by atoms with Gasteiger partial charge >= 0.3 is 0 Å². The number of nitrogens with zero attached hydrogens (tertiary/aromatic N) is 2. The van der Waals surface area contributed by atoms with E-state index in [1.165, 1.54) is 0 Å². The third-order valence-electron chi connectivity index (χ3n) is 2.76. The molecule has 0 fully saturated rings. The molecule has 0 saturated carbocycles. The Labute approximate surface area is 117 Å². The third-order valence-corrected chi connectivity index (χ3v) is 2.76. The van der Waals surface area contributed by atoms with Gasteiger partial charge in [-0.3, -0.25) is 9.89 Å². The van der Waals surface area contributed by atoms with Crippen LogP contribution in [0.4, 0.5) is 0 Å². The summed E-state index contributed by atoms with van der Waals surface area (Å²) in [6.45, 7) is 0.846. The lowest BCUT2D eigenvalue weighted by Crippen LogP contribution is -2.26. The van der Waals surface area contributed by atoms with Crippen molar-refractivity contribution in [3.63, 3.8) is 0 Å². The van der Waals surface area contributed by atoms with Crippen molar-refractivity contribution >= 4 is 5.91 Å². The Bertz CT molecular complexity index is 637. The number of hydrogen-bond donors (Lipinski definition) is 2. The van der Waals surface area contributed by atoms with E-state index in [1.807, 2.05) is 24.3 Å². The molecule has 1 heterocycles. The molecule has 5 heteroatoms. The number of carbonyl (C=O) groups excluding carboxylic acids is 1. The summed E-state index contributed by atoms with van der Waals surface area (Å²) in [4.78, 5) is 13.7. The molecule has 0 bridgehead atoms. The van der Waals surface area contributed by atoms with Crippen molar-refractivity contribution in [2.75, 3.05) is 13.6 Å². The number of H-pyrrole nitrogens is 1. The molecule has 0 aliphatic heterocycles.